The molecule has 152 valence electrons. The molecule has 0 aliphatic carbocycles. The predicted molar refractivity (Wildman–Crippen MR) is 109 cm³/mol. The highest BCUT2D eigenvalue weighted by atomic mass is 16.6. The number of nitrogens with zero attached hydrogens (tertiary/aromatic N) is 1. The Kier molecular flexibility index (Phi) is 5.81. The molecule has 2 aromatic rings. The number of amides is 1. The summed E-state index contributed by atoms with van der Waals surface area (Å²) in [6, 6.07) is 16.4. The van der Waals surface area contributed by atoms with Gasteiger partial charge in [0.1, 0.15) is 6.10 Å². The first-order valence-corrected chi connectivity index (χ1v) is 10.1. The van der Waals surface area contributed by atoms with Crippen molar-refractivity contribution in [1.29, 1.82) is 0 Å². The van der Waals surface area contributed by atoms with Crippen LogP contribution in [0.5, 0.6) is 0 Å². The number of fused-ring (bicyclic) bond motifs is 3. The van der Waals surface area contributed by atoms with Crippen LogP contribution in [0.15, 0.2) is 54.6 Å². The maximum Gasteiger partial charge on any atom is 0.408 e. The van der Waals surface area contributed by atoms with Gasteiger partial charge in [-0.25, -0.2) is 4.79 Å². The number of hydrogen-bond acceptors (Lipinski definition) is 4. The zero-order valence-electron chi connectivity index (χ0n) is 16.3. The molecule has 5 rings (SSSR count). The molecule has 3 aliphatic rings. The summed E-state index contributed by atoms with van der Waals surface area (Å²) in [6.07, 6.45) is 1.50. The van der Waals surface area contributed by atoms with Crippen molar-refractivity contribution in [2.24, 2.45) is 5.92 Å². The molecule has 29 heavy (non-hydrogen) atoms. The number of aliphatic carboxylic acids is 1. The van der Waals surface area contributed by atoms with Gasteiger partial charge in [0.2, 0.25) is 0 Å². The van der Waals surface area contributed by atoms with E-state index in [9.17, 15) is 14.7 Å². The number of hydrogen-bond donors (Lipinski definition) is 2. The van der Waals surface area contributed by atoms with Gasteiger partial charge in [-0.3, -0.25) is 9.69 Å². The van der Waals surface area contributed by atoms with Gasteiger partial charge in [-0.05, 0) is 48.5 Å². The van der Waals surface area contributed by atoms with E-state index in [2.05, 4.69) is 10.2 Å². The summed E-state index contributed by atoms with van der Waals surface area (Å²) in [5.74, 6) is -0.473. The van der Waals surface area contributed by atoms with E-state index in [0.29, 0.717) is 11.5 Å². The summed E-state index contributed by atoms with van der Waals surface area (Å²) in [7, 11) is 0. The highest BCUT2D eigenvalue weighted by Crippen LogP contribution is 2.30. The second-order valence-electron chi connectivity index (χ2n) is 7.84. The highest BCUT2D eigenvalue weighted by Gasteiger charge is 2.37. The minimum absolute atomic E-state index is 0.0804. The van der Waals surface area contributed by atoms with Crippen LogP contribution in [-0.2, 0) is 16.0 Å². The number of ether oxygens (including phenoxy) is 1. The molecule has 0 spiro atoms. The summed E-state index contributed by atoms with van der Waals surface area (Å²) in [4.78, 5) is 26.5. The molecule has 2 aromatic carbocycles. The number of piperidine rings is 3. The Balaban J connectivity index is 1.56. The van der Waals surface area contributed by atoms with Crippen LogP contribution < -0.4 is 5.32 Å². The molecule has 0 radical (unpaired) electrons. The van der Waals surface area contributed by atoms with Crippen molar-refractivity contribution in [3.63, 3.8) is 0 Å². The van der Waals surface area contributed by atoms with Gasteiger partial charge in [-0.2, -0.15) is 0 Å². The monoisotopic (exact) mass is 394 g/mol. The topological polar surface area (TPSA) is 78.9 Å². The van der Waals surface area contributed by atoms with Gasteiger partial charge in [-0.1, -0.05) is 54.6 Å². The van der Waals surface area contributed by atoms with Gasteiger partial charge in [0.15, 0.2) is 0 Å². The zero-order chi connectivity index (χ0) is 20.2. The molecule has 6 nitrogen and oxygen atoms in total. The largest absolute Gasteiger partial charge is 0.481 e. The minimum atomic E-state index is -0.904. The lowest BCUT2D eigenvalue weighted by Crippen LogP contribution is -2.52. The van der Waals surface area contributed by atoms with Gasteiger partial charge in [-0.15, -0.1) is 0 Å². The van der Waals surface area contributed by atoms with Gasteiger partial charge >= 0.3 is 12.1 Å². The summed E-state index contributed by atoms with van der Waals surface area (Å²) >= 11 is 0. The first kappa shape index (κ1) is 19.5. The molecule has 0 aromatic heterocycles. The maximum absolute atomic E-state index is 12.8. The molecule has 2 unspecified atom stereocenters. The lowest BCUT2D eigenvalue weighted by atomic mass is 9.86. The summed E-state index contributed by atoms with van der Waals surface area (Å²) < 4.78 is 5.81. The predicted octanol–water partition coefficient (Wildman–Crippen LogP) is 3.22. The molecule has 0 saturated carbocycles. The average Bonchev–Trinajstić information content (AvgIpc) is 2.74. The fraction of sp³-hybridized carbons (Fsp3) is 0.391. The van der Waals surface area contributed by atoms with Crippen molar-refractivity contribution in [3.05, 3.63) is 71.3 Å². The smallest absolute Gasteiger partial charge is 0.408 e. The third-order valence-electron chi connectivity index (χ3n) is 5.96. The molecular weight excluding hydrogens is 368 g/mol. The SMILES string of the molecule is O=C(O)Cc1ccccc1C(NC(=O)OC1CN2CCC1CC2)c1ccccc1. The second-order valence-corrected chi connectivity index (χ2v) is 7.84. The van der Waals surface area contributed by atoms with Gasteiger partial charge in [0.05, 0.1) is 12.5 Å². The van der Waals surface area contributed by atoms with Crippen molar-refractivity contribution >= 4 is 12.1 Å². The Hall–Kier alpha value is -2.86. The first-order valence-electron chi connectivity index (χ1n) is 10.1. The quantitative estimate of drug-likeness (QED) is 0.787. The second kappa shape index (κ2) is 8.66. The summed E-state index contributed by atoms with van der Waals surface area (Å²) in [5.41, 5.74) is 2.33. The van der Waals surface area contributed by atoms with Crippen molar-refractivity contribution in [1.82, 2.24) is 10.2 Å². The highest BCUT2D eigenvalue weighted by molar-refractivity contribution is 5.72. The zero-order valence-corrected chi connectivity index (χ0v) is 16.3. The standard InChI is InChI=1S/C23H26N2O4/c26-21(27)14-18-8-4-5-9-19(18)22(17-6-2-1-3-7-17)24-23(28)29-20-15-25-12-10-16(20)11-13-25/h1-9,16,20,22H,10-15H2,(H,24,28)(H,26,27). The number of carbonyl (C=O) groups is 2. The first-order chi connectivity index (χ1) is 14.1. The van der Waals surface area contributed by atoms with Crippen LogP contribution in [-0.4, -0.2) is 47.8 Å². The van der Waals surface area contributed by atoms with Crippen LogP contribution in [0.2, 0.25) is 0 Å². The summed E-state index contributed by atoms with van der Waals surface area (Å²) in [5, 5.41) is 12.3. The number of alkyl carbamates (subject to hydrolysis) is 1. The summed E-state index contributed by atoms with van der Waals surface area (Å²) in [6.45, 7) is 2.96. The molecule has 2 bridgehead atoms. The van der Waals surface area contributed by atoms with Crippen LogP contribution in [0.25, 0.3) is 0 Å². The lowest BCUT2D eigenvalue weighted by molar-refractivity contribution is -0.136. The van der Waals surface area contributed by atoms with Crippen molar-refractivity contribution in [3.8, 4) is 0 Å². The van der Waals surface area contributed by atoms with Crippen LogP contribution in [0, 0.1) is 5.92 Å². The van der Waals surface area contributed by atoms with Crippen LogP contribution in [0.4, 0.5) is 4.79 Å². The third kappa shape index (κ3) is 4.59. The van der Waals surface area contributed by atoms with E-state index in [-0.39, 0.29) is 12.5 Å². The van der Waals surface area contributed by atoms with Crippen LogP contribution in [0.1, 0.15) is 35.6 Å². The van der Waals surface area contributed by atoms with Crippen molar-refractivity contribution in [2.45, 2.75) is 31.4 Å². The minimum Gasteiger partial charge on any atom is -0.481 e. The molecule has 3 saturated heterocycles. The van der Waals surface area contributed by atoms with E-state index in [1.54, 1.807) is 6.07 Å². The number of carboxylic acid groups (broad SMARTS) is 1. The number of nitrogens with one attached hydrogen (secondary N) is 1. The number of benzene rings is 2. The molecule has 3 heterocycles. The molecule has 2 atom stereocenters. The molecule has 3 aliphatic heterocycles. The fourth-order valence-corrected chi connectivity index (χ4v) is 4.46. The molecular formula is C23H26N2O4. The van der Waals surface area contributed by atoms with E-state index in [0.717, 1.165) is 43.6 Å². The van der Waals surface area contributed by atoms with Crippen LogP contribution >= 0.6 is 0 Å². The van der Waals surface area contributed by atoms with E-state index < -0.39 is 18.1 Å². The number of carboxylic acids is 1. The van der Waals surface area contributed by atoms with Crippen molar-refractivity contribution < 1.29 is 19.4 Å². The third-order valence-corrected chi connectivity index (χ3v) is 5.96. The molecule has 2 N–H and O–H groups in total. The molecule has 1 amide bonds. The van der Waals surface area contributed by atoms with Crippen LogP contribution in [0.3, 0.4) is 0 Å². The number of rotatable bonds is 6. The lowest BCUT2D eigenvalue weighted by Gasteiger charge is -2.44. The Morgan fingerprint density at radius 1 is 1.07 bits per heavy atom. The van der Waals surface area contributed by atoms with E-state index in [1.807, 2.05) is 48.5 Å². The maximum atomic E-state index is 12.8. The van der Waals surface area contributed by atoms with E-state index >= 15 is 0 Å². The van der Waals surface area contributed by atoms with Gasteiger partial charge in [0.25, 0.3) is 0 Å². The number of carbonyl (C=O) groups excluding carboxylic acids is 1. The molecule has 6 heteroatoms. The Labute approximate surface area is 170 Å². The Bertz CT molecular complexity index is 862. The normalized spacial score (nSPS) is 23.9. The van der Waals surface area contributed by atoms with Gasteiger partial charge < -0.3 is 15.2 Å². The average molecular weight is 394 g/mol. The fourth-order valence-electron chi connectivity index (χ4n) is 4.46. The molecule has 3 fully saturated rings. The van der Waals surface area contributed by atoms with E-state index in [1.165, 1.54) is 0 Å². The Morgan fingerprint density at radius 2 is 1.76 bits per heavy atom. The Morgan fingerprint density at radius 3 is 2.41 bits per heavy atom. The van der Waals surface area contributed by atoms with E-state index in [4.69, 9.17) is 4.74 Å². The van der Waals surface area contributed by atoms with Crippen molar-refractivity contribution in [2.75, 3.05) is 19.6 Å². The van der Waals surface area contributed by atoms with Gasteiger partial charge in [0, 0.05) is 6.54 Å².